The number of hydrogen-bond donors (Lipinski definition) is 4. The number of terminal acetylenes is 1. The van der Waals surface area contributed by atoms with Gasteiger partial charge in [0.2, 0.25) is 0 Å². The first-order valence-electron chi connectivity index (χ1n) is 14.3. The lowest BCUT2D eigenvalue weighted by atomic mass is 10.1. The third kappa shape index (κ3) is 8.55. The second-order valence-corrected chi connectivity index (χ2v) is 11.6. The van der Waals surface area contributed by atoms with E-state index in [-0.39, 0.29) is 5.75 Å². The highest BCUT2D eigenvalue weighted by Gasteiger charge is 2.20. The number of nitrogens with one attached hydrogen (secondary N) is 1. The molecule has 0 spiro atoms. The maximum Gasteiger partial charge on any atom is 0.524 e. The molecule has 0 radical (unpaired) electrons. The molecule has 4 aromatic rings. The number of benzene rings is 2. The number of pyridine rings is 1. The quantitative estimate of drug-likeness (QED) is 0.0870. The van der Waals surface area contributed by atoms with E-state index >= 15 is 0 Å². The van der Waals surface area contributed by atoms with Crippen molar-refractivity contribution < 1.29 is 28.4 Å². The maximum absolute atomic E-state index is 11.4. The number of anilines is 1. The number of nitrogen functional groups attached to an aromatic ring is 1. The molecule has 2 aromatic carbocycles. The van der Waals surface area contributed by atoms with E-state index in [1.165, 1.54) is 0 Å². The van der Waals surface area contributed by atoms with E-state index in [1.54, 1.807) is 19.1 Å². The van der Waals surface area contributed by atoms with Crippen LogP contribution in [0.15, 0.2) is 36.4 Å². The molecule has 12 heteroatoms. The Kier molecular flexibility index (Phi) is 10.8. The smallest absolute Gasteiger partial charge is 0.404 e. The number of fused-ring (bicyclic) bond motifs is 3. The van der Waals surface area contributed by atoms with Crippen molar-refractivity contribution in [2.24, 2.45) is 0 Å². The van der Waals surface area contributed by atoms with Gasteiger partial charge in [-0.2, -0.15) is 0 Å². The molecule has 2 aromatic heterocycles. The molecule has 0 aliphatic carbocycles. The zero-order valence-corrected chi connectivity index (χ0v) is 25.4. The number of aryl methyl sites for hydroxylation is 3. The number of carbonyl (C=O) groups excluding carboxylic acids is 1. The van der Waals surface area contributed by atoms with Gasteiger partial charge in [0.25, 0.3) is 5.91 Å². The molecule has 5 N–H and O–H groups in total. The average molecular weight is 608 g/mol. The minimum Gasteiger partial charge on any atom is -0.404 e. The van der Waals surface area contributed by atoms with Crippen molar-refractivity contribution in [2.75, 3.05) is 25.5 Å². The number of nitrogens with two attached hydrogens (primary N) is 1. The number of amides is 1. The highest BCUT2D eigenvalue weighted by molar-refractivity contribution is 7.46. The van der Waals surface area contributed by atoms with Gasteiger partial charge >= 0.3 is 7.82 Å². The molecule has 228 valence electrons. The van der Waals surface area contributed by atoms with Crippen LogP contribution in [0.1, 0.15) is 55.1 Å². The van der Waals surface area contributed by atoms with Gasteiger partial charge in [0.1, 0.15) is 17.1 Å². The number of imidazole rings is 1. The molecule has 0 fully saturated rings. The van der Waals surface area contributed by atoms with E-state index in [2.05, 4.69) is 33.9 Å². The van der Waals surface area contributed by atoms with E-state index < -0.39 is 13.7 Å². The summed E-state index contributed by atoms with van der Waals surface area (Å²) in [5.41, 5.74) is 11.5. The van der Waals surface area contributed by atoms with Gasteiger partial charge in [-0.1, -0.05) is 31.5 Å². The summed E-state index contributed by atoms with van der Waals surface area (Å²) >= 11 is 0. The number of hydrogen-bond acceptors (Lipinski definition) is 7. The van der Waals surface area contributed by atoms with Crippen molar-refractivity contribution in [1.82, 2.24) is 19.9 Å². The van der Waals surface area contributed by atoms with E-state index in [9.17, 15) is 19.1 Å². The number of nitrogens with zero attached hydrogens (tertiary/aromatic N) is 3. The summed E-state index contributed by atoms with van der Waals surface area (Å²) in [6.45, 7) is 6.00. The summed E-state index contributed by atoms with van der Waals surface area (Å²) in [4.78, 5) is 39.1. The first-order chi connectivity index (χ1) is 20.6. The molecular formula is C31H38N5O6P. The summed E-state index contributed by atoms with van der Waals surface area (Å²) in [6.07, 6.45) is 10.1. The fourth-order valence-electron chi connectivity index (χ4n) is 4.99. The summed E-state index contributed by atoms with van der Waals surface area (Å²) in [6, 6.07) is 11.4. The largest absolute Gasteiger partial charge is 0.524 e. The zero-order valence-electron chi connectivity index (χ0n) is 24.5. The third-order valence-corrected chi connectivity index (χ3v) is 7.47. The van der Waals surface area contributed by atoms with Crippen molar-refractivity contribution in [3.8, 4) is 18.1 Å². The number of phosphoric ester groups is 1. The maximum atomic E-state index is 11.4. The lowest BCUT2D eigenvalue weighted by Crippen LogP contribution is -2.23. The first-order valence-corrected chi connectivity index (χ1v) is 15.9. The lowest BCUT2D eigenvalue weighted by molar-refractivity contribution is -0.115. The molecule has 0 unspecified atom stereocenters. The number of phosphoric acid groups is 1. The lowest BCUT2D eigenvalue weighted by Gasteiger charge is -2.14. The van der Waals surface area contributed by atoms with Crippen LogP contribution in [0.4, 0.5) is 5.82 Å². The number of ether oxygens (including phenoxy) is 1. The fraction of sp³-hybridized carbons (Fsp3) is 0.387. The van der Waals surface area contributed by atoms with Gasteiger partial charge in [-0.3, -0.25) is 14.6 Å². The van der Waals surface area contributed by atoms with Gasteiger partial charge in [0, 0.05) is 38.1 Å². The molecular weight excluding hydrogens is 569 g/mol. The summed E-state index contributed by atoms with van der Waals surface area (Å²) in [7, 11) is -4.66. The van der Waals surface area contributed by atoms with E-state index in [0.29, 0.717) is 49.6 Å². The molecule has 4 rings (SSSR count). The minimum absolute atomic E-state index is 0.141. The van der Waals surface area contributed by atoms with Crippen molar-refractivity contribution in [2.45, 2.75) is 58.9 Å². The second-order valence-electron chi connectivity index (χ2n) is 10.4. The van der Waals surface area contributed by atoms with Crippen molar-refractivity contribution in [3.63, 3.8) is 0 Å². The predicted molar refractivity (Wildman–Crippen MR) is 167 cm³/mol. The van der Waals surface area contributed by atoms with Gasteiger partial charge in [-0.25, -0.2) is 14.5 Å². The highest BCUT2D eigenvalue weighted by Crippen LogP contribution is 2.39. The molecule has 0 saturated heterocycles. The number of carbonyl (C=O) groups is 1. The van der Waals surface area contributed by atoms with Gasteiger partial charge in [0.05, 0.1) is 11.0 Å². The van der Waals surface area contributed by atoms with Gasteiger partial charge in [-0.05, 0) is 73.4 Å². The zero-order chi connectivity index (χ0) is 31.0. The molecule has 0 aliphatic rings. The SMILES string of the molecule is C#CC(=O)NCCCOCCCc1ccc2nc(N)c3nc(CCCC)n(Cc4ccc(OP(=O)(O)O)c(C)c4)c3c2c1. The molecule has 0 atom stereocenters. The van der Waals surface area contributed by atoms with Crippen LogP contribution in [0.2, 0.25) is 0 Å². The fourth-order valence-corrected chi connectivity index (χ4v) is 5.45. The van der Waals surface area contributed by atoms with Crippen LogP contribution in [-0.2, 0) is 33.5 Å². The number of rotatable bonds is 15. The molecule has 1 amide bonds. The van der Waals surface area contributed by atoms with Crippen molar-refractivity contribution >= 4 is 41.5 Å². The van der Waals surface area contributed by atoms with Gasteiger partial charge < -0.3 is 24.9 Å². The van der Waals surface area contributed by atoms with E-state index in [4.69, 9.17) is 26.4 Å². The van der Waals surface area contributed by atoms with E-state index in [1.807, 2.05) is 18.1 Å². The molecule has 11 nitrogen and oxygen atoms in total. The second kappa shape index (κ2) is 14.5. The standard InChI is InChI=1S/C31H38N5O6P/c1-4-6-10-27-35-29-30(36(27)20-23-12-14-26(21(3)18-23)42-43(38,39)40)24-19-22(11-13-25(24)34-31(29)32)9-7-16-41-17-8-15-33-28(37)5-2/h2,11-14,18-19H,4,6-10,15-17,20H2,1,3H3,(H2,32,34)(H,33,37)(H2,38,39,40). The Bertz CT molecular complexity index is 1690. The molecule has 0 bridgehead atoms. The van der Waals surface area contributed by atoms with Crippen molar-refractivity contribution in [3.05, 3.63) is 58.9 Å². The Balaban J connectivity index is 1.58. The monoisotopic (exact) mass is 607 g/mol. The molecule has 2 heterocycles. The number of unbranched alkanes of at least 4 members (excludes halogenated alkanes) is 1. The van der Waals surface area contributed by atoms with Crippen LogP contribution in [0, 0.1) is 19.3 Å². The Morgan fingerprint density at radius 1 is 1.09 bits per heavy atom. The summed E-state index contributed by atoms with van der Waals surface area (Å²) < 4.78 is 24.1. The Hall–Kier alpha value is -3.94. The molecule has 43 heavy (non-hydrogen) atoms. The van der Waals surface area contributed by atoms with Gasteiger partial charge in [-0.15, -0.1) is 6.42 Å². The molecule has 0 aliphatic heterocycles. The van der Waals surface area contributed by atoms with E-state index in [0.717, 1.165) is 65.5 Å². The Morgan fingerprint density at radius 2 is 1.86 bits per heavy atom. The predicted octanol–water partition coefficient (Wildman–Crippen LogP) is 4.43. The van der Waals surface area contributed by atoms with Crippen LogP contribution >= 0.6 is 7.82 Å². The summed E-state index contributed by atoms with van der Waals surface area (Å²) in [5.74, 6) is 3.03. The minimum atomic E-state index is -4.66. The molecule has 0 saturated carbocycles. The Morgan fingerprint density at radius 3 is 2.58 bits per heavy atom. The van der Waals surface area contributed by atoms with Crippen LogP contribution in [0.25, 0.3) is 21.9 Å². The Labute approximate surface area is 251 Å². The van der Waals surface area contributed by atoms with Crippen LogP contribution in [-0.4, -0.2) is 50.0 Å². The van der Waals surface area contributed by atoms with Crippen molar-refractivity contribution in [1.29, 1.82) is 0 Å². The van der Waals surface area contributed by atoms with Gasteiger partial charge in [0.15, 0.2) is 5.82 Å². The van der Waals surface area contributed by atoms with Crippen LogP contribution in [0.5, 0.6) is 5.75 Å². The van der Waals surface area contributed by atoms with Crippen LogP contribution in [0.3, 0.4) is 0 Å². The highest BCUT2D eigenvalue weighted by atomic mass is 31.2. The van der Waals surface area contributed by atoms with Crippen LogP contribution < -0.4 is 15.6 Å². The first kappa shape index (κ1) is 32.0. The summed E-state index contributed by atoms with van der Waals surface area (Å²) in [5, 5.41) is 3.58. The topological polar surface area (TPSA) is 162 Å². The normalized spacial score (nSPS) is 11.6. The average Bonchev–Trinajstić information content (AvgIpc) is 3.33. The number of aromatic nitrogens is 3. The third-order valence-electron chi connectivity index (χ3n) is 7.03.